The molecule has 0 bridgehead atoms. The normalized spacial score (nSPS) is 9.92. The molecular formula is C8H10BFO2. The molecule has 0 radical (unpaired) electrons. The van der Waals surface area contributed by atoms with E-state index in [2.05, 4.69) is 0 Å². The van der Waals surface area contributed by atoms with Gasteiger partial charge < -0.3 is 9.84 Å². The van der Waals surface area contributed by atoms with Crippen LogP contribution < -0.4 is 10.2 Å². The van der Waals surface area contributed by atoms with Crippen LogP contribution >= 0.6 is 0 Å². The molecule has 0 aliphatic carbocycles. The van der Waals surface area contributed by atoms with Crippen LogP contribution in [0.2, 0.25) is 0 Å². The van der Waals surface area contributed by atoms with Gasteiger partial charge in [-0.25, -0.2) is 4.39 Å². The topological polar surface area (TPSA) is 29.5 Å². The zero-order chi connectivity index (χ0) is 9.14. The molecule has 0 amide bonds. The molecule has 2 nitrogen and oxygen atoms in total. The van der Waals surface area contributed by atoms with E-state index in [4.69, 9.17) is 9.84 Å². The second-order valence-corrected chi connectivity index (χ2v) is 2.54. The fourth-order valence-electron chi connectivity index (χ4n) is 1.05. The summed E-state index contributed by atoms with van der Waals surface area (Å²) >= 11 is 0. The Labute approximate surface area is 71.4 Å². The summed E-state index contributed by atoms with van der Waals surface area (Å²) in [5, 5.41) is 8.82. The average molecular weight is 168 g/mol. The van der Waals surface area contributed by atoms with E-state index in [1.165, 1.54) is 7.11 Å². The molecule has 1 rings (SSSR count). The first-order chi connectivity index (χ1) is 5.70. The third-order valence-electron chi connectivity index (χ3n) is 1.82. The van der Waals surface area contributed by atoms with Crippen LogP contribution in [0.1, 0.15) is 5.56 Å². The summed E-state index contributed by atoms with van der Waals surface area (Å²) in [5.74, 6) is -0.301. The second-order valence-electron chi connectivity index (χ2n) is 2.54. The van der Waals surface area contributed by atoms with E-state index in [9.17, 15) is 4.39 Å². The van der Waals surface area contributed by atoms with Crippen molar-refractivity contribution < 1.29 is 14.2 Å². The van der Waals surface area contributed by atoms with E-state index in [-0.39, 0.29) is 12.4 Å². The monoisotopic (exact) mass is 168 g/mol. The molecule has 12 heavy (non-hydrogen) atoms. The highest BCUT2D eigenvalue weighted by Crippen LogP contribution is 2.17. The zero-order valence-corrected chi connectivity index (χ0v) is 7.10. The molecule has 64 valence electrons. The lowest BCUT2D eigenvalue weighted by atomic mass is 9.90. The van der Waals surface area contributed by atoms with Gasteiger partial charge in [-0.3, -0.25) is 0 Å². The molecule has 0 saturated heterocycles. The Hall–Kier alpha value is -1.03. The summed E-state index contributed by atoms with van der Waals surface area (Å²) in [4.78, 5) is 0. The third-order valence-corrected chi connectivity index (χ3v) is 1.82. The van der Waals surface area contributed by atoms with Gasteiger partial charge in [0.15, 0.2) is 11.6 Å². The molecule has 1 aromatic rings. The Morgan fingerprint density at radius 3 is 2.75 bits per heavy atom. The van der Waals surface area contributed by atoms with Crippen LogP contribution in [0, 0.1) is 5.82 Å². The molecule has 0 aromatic heterocycles. The lowest BCUT2D eigenvalue weighted by Gasteiger charge is -2.07. The van der Waals surface area contributed by atoms with Crippen molar-refractivity contribution >= 4 is 13.3 Å². The minimum absolute atomic E-state index is 0.171. The van der Waals surface area contributed by atoms with Crippen molar-refractivity contribution in [1.82, 2.24) is 0 Å². The highest BCUT2D eigenvalue weighted by molar-refractivity contribution is 6.33. The zero-order valence-electron chi connectivity index (χ0n) is 7.10. The van der Waals surface area contributed by atoms with Gasteiger partial charge in [0.2, 0.25) is 0 Å². The van der Waals surface area contributed by atoms with E-state index >= 15 is 0 Å². The van der Waals surface area contributed by atoms with Gasteiger partial charge in [0.1, 0.15) is 7.85 Å². The molecule has 0 aliphatic rings. The van der Waals surface area contributed by atoms with Gasteiger partial charge in [-0.1, -0.05) is 11.5 Å². The number of aliphatic hydroxyl groups is 1. The number of hydrogen-bond acceptors (Lipinski definition) is 2. The lowest BCUT2D eigenvalue weighted by molar-refractivity contribution is 0.274. The van der Waals surface area contributed by atoms with Gasteiger partial charge in [-0.2, -0.15) is 0 Å². The Kier molecular flexibility index (Phi) is 2.71. The smallest absolute Gasteiger partial charge is 0.169 e. The first kappa shape index (κ1) is 9.07. The summed E-state index contributed by atoms with van der Waals surface area (Å²) in [6, 6.07) is 3.26. The van der Waals surface area contributed by atoms with Crippen LogP contribution in [0.5, 0.6) is 5.75 Å². The van der Waals surface area contributed by atoms with Crippen LogP contribution in [0.3, 0.4) is 0 Å². The minimum atomic E-state index is -0.472. The van der Waals surface area contributed by atoms with Crippen molar-refractivity contribution in [1.29, 1.82) is 0 Å². The van der Waals surface area contributed by atoms with Gasteiger partial charge in [0, 0.05) is 5.56 Å². The van der Waals surface area contributed by atoms with E-state index < -0.39 is 5.82 Å². The summed E-state index contributed by atoms with van der Waals surface area (Å²) in [6.07, 6.45) is 0. The molecule has 4 heteroatoms. The molecule has 0 spiro atoms. The highest BCUT2D eigenvalue weighted by Gasteiger charge is 2.09. The predicted molar refractivity (Wildman–Crippen MR) is 47.1 cm³/mol. The highest BCUT2D eigenvalue weighted by atomic mass is 19.1. The van der Waals surface area contributed by atoms with E-state index in [0.717, 1.165) is 5.46 Å². The Morgan fingerprint density at radius 1 is 1.58 bits per heavy atom. The van der Waals surface area contributed by atoms with E-state index in [1.54, 1.807) is 20.0 Å². The number of methoxy groups -OCH3 is 1. The van der Waals surface area contributed by atoms with E-state index in [1.807, 2.05) is 0 Å². The quantitative estimate of drug-likeness (QED) is 0.608. The fourth-order valence-corrected chi connectivity index (χ4v) is 1.05. The summed E-state index contributed by atoms with van der Waals surface area (Å²) < 4.78 is 18.0. The predicted octanol–water partition coefficient (Wildman–Crippen LogP) is -0.415. The van der Waals surface area contributed by atoms with Crippen molar-refractivity contribution in [2.24, 2.45) is 0 Å². The largest absolute Gasteiger partial charge is 0.494 e. The van der Waals surface area contributed by atoms with Gasteiger partial charge >= 0.3 is 0 Å². The van der Waals surface area contributed by atoms with Gasteiger partial charge in [-0.05, 0) is 6.07 Å². The van der Waals surface area contributed by atoms with Crippen molar-refractivity contribution in [3.8, 4) is 5.75 Å². The molecule has 0 atom stereocenters. The van der Waals surface area contributed by atoms with Crippen molar-refractivity contribution in [3.63, 3.8) is 0 Å². The molecule has 1 aromatic carbocycles. The maximum absolute atomic E-state index is 13.2. The first-order valence-corrected chi connectivity index (χ1v) is 3.63. The molecule has 0 fully saturated rings. The number of halogens is 1. The standard InChI is InChI=1S/C8H10BFO2/c1-12-7-3-2-6(9)5(4-11)8(7)10/h2-3,11H,4,9H2,1H3. The van der Waals surface area contributed by atoms with Crippen LogP contribution in [0.4, 0.5) is 4.39 Å². The lowest BCUT2D eigenvalue weighted by Crippen LogP contribution is -2.13. The maximum atomic E-state index is 13.2. The SMILES string of the molecule is Bc1ccc(OC)c(F)c1CO. The first-order valence-electron chi connectivity index (χ1n) is 3.63. The van der Waals surface area contributed by atoms with Crippen molar-refractivity contribution in [3.05, 3.63) is 23.5 Å². The molecular weight excluding hydrogens is 158 g/mol. The number of rotatable bonds is 2. The number of benzene rings is 1. The third kappa shape index (κ3) is 1.43. The van der Waals surface area contributed by atoms with Gasteiger partial charge in [-0.15, -0.1) is 0 Å². The number of aliphatic hydroxyl groups excluding tert-OH is 1. The van der Waals surface area contributed by atoms with Gasteiger partial charge in [0.25, 0.3) is 0 Å². The Balaban J connectivity index is 3.24. The van der Waals surface area contributed by atoms with Gasteiger partial charge in [0.05, 0.1) is 13.7 Å². The van der Waals surface area contributed by atoms with E-state index in [0.29, 0.717) is 5.56 Å². The Morgan fingerprint density at radius 2 is 2.25 bits per heavy atom. The number of ether oxygens (including phenoxy) is 1. The minimum Gasteiger partial charge on any atom is -0.494 e. The van der Waals surface area contributed by atoms with Crippen LogP contribution in [0.15, 0.2) is 12.1 Å². The molecule has 0 heterocycles. The van der Waals surface area contributed by atoms with Crippen LogP contribution in [-0.2, 0) is 6.61 Å². The van der Waals surface area contributed by atoms with Crippen LogP contribution in [-0.4, -0.2) is 20.1 Å². The molecule has 0 unspecified atom stereocenters. The molecule has 1 N–H and O–H groups in total. The molecule has 0 aliphatic heterocycles. The van der Waals surface area contributed by atoms with Crippen LogP contribution in [0.25, 0.3) is 0 Å². The van der Waals surface area contributed by atoms with Crippen molar-refractivity contribution in [2.75, 3.05) is 7.11 Å². The summed E-state index contributed by atoms with van der Waals surface area (Å²) in [5.41, 5.74) is 1.03. The average Bonchev–Trinajstić information content (AvgIpc) is 2.06. The summed E-state index contributed by atoms with van der Waals surface area (Å²) in [6.45, 7) is -0.297. The van der Waals surface area contributed by atoms with Crippen molar-refractivity contribution in [2.45, 2.75) is 6.61 Å². The Bertz CT molecular complexity index is 289. The molecule has 0 saturated carbocycles. The summed E-state index contributed by atoms with van der Waals surface area (Å²) in [7, 11) is 3.14. The number of hydrogen-bond donors (Lipinski definition) is 1. The fraction of sp³-hybridized carbons (Fsp3) is 0.250. The maximum Gasteiger partial charge on any atom is 0.169 e. The second kappa shape index (κ2) is 3.58.